The normalized spacial score (nSPS) is 16.2. The zero-order valence-electron chi connectivity index (χ0n) is 18.8. The average molecular weight is 460 g/mol. The quantitative estimate of drug-likeness (QED) is 0.435. The molecule has 2 aliphatic carbocycles. The molecule has 2 aliphatic rings. The average Bonchev–Trinajstić information content (AvgIpc) is 2.83. The Morgan fingerprint density at radius 1 is 1.03 bits per heavy atom. The molecule has 1 amide bonds. The summed E-state index contributed by atoms with van der Waals surface area (Å²) in [6.45, 7) is 0.530. The van der Waals surface area contributed by atoms with Crippen molar-refractivity contribution in [2.75, 3.05) is 5.75 Å². The summed E-state index contributed by atoms with van der Waals surface area (Å²) in [5.74, 6) is -0.311. The van der Waals surface area contributed by atoms with E-state index in [-0.39, 0.29) is 16.7 Å². The van der Waals surface area contributed by atoms with E-state index in [1.807, 2.05) is 24.3 Å². The first-order valence-corrected chi connectivity index (χ1v) is 12.7. The maximum Gasteiger partial charge on any atom is 0.258 e. The largest absolute Gasteiger partial charge is 0.369 e. The van der Waals surface area contributed by atoms with Gasteiger partial charge in [-0.05, 0) is 36.8 Å². The molecule has 5 nitrogen and oxygen atoms in total. The summed E-state index contributed by atoms with van der Waals surface area (Å²) in [6, 6.07) is 18.5. The zero-order chi connectivity index (χ0) is 22.8. The lowest BCUT2D eigenvalue weighted by atomic mass is 9.62. The van der Waals surface area contributed by atoms with E-state index in [0.29, 0.717) is 11.7 Å². The van der Waals surface area contributed by atoms with Crippen molar-refractivity contribution >= 4 is 17.7 Å². The van der Waals surface area contributed by atoms with Gasteiger partial charge < -0.3 is 5.73 Å². The van der Waals surface area contributed by atoms with Gasteiger partial charge in [0.1, 0.15) is 0 Å². The maximum atomic E-state index is 14.2. The van der Waals surface area contributed by atoms with E-state index < -0.39 is 5.91 Å². The lowest BCUT2D eigenvalue weighted by Crippen LogP contribution is -2.43. The predicted molar refractivity (Wildman–Crippen MR) is 132 cm³/mol. The fraction of sp³-hybridized carbons (Fsp3) is 0.370. The van der Waals surface area contributed by atoms with E-state index in [9.17, 15) is 9.59 Å². The molecule has 0 radical (unpaired) electrons. The minimum Gasteiger partial charge on any atom is -0.369 e. The van der Waals surface area contributed by atoms with E-state index >= 15 is 0 Å². The number of amides is 1. The second kappa shape index (κ2) is 9.18. The van der Waals surface area contributed by atoms with E-state index in [1.54, 1.807) is 4.57 Å². The fourth-order valence-corrected chi connectivity index (χ4v) is 6.31. The minimum absolute atomic E-state index is 0.0549. The van der Waals surface area contributed by atoms with Gasteiger partial charge in [0.05, 0.1) is 17.0 Å². The standard InChI is InChI=1S/C27H29N3O2S/c28-22(31)18-33-26-29-24-21-12-6-5-11-20(21)17-27(14-7-2-8-15-27)23(24)25(32)30(26)16-13-19-9-3-1-4-10-19/h1,3-6,9-12H,2,7-8,13-18H2,(H2,28,31). The van der Waals surface area contributed by atoms with Gasteiger partial charge in [-0.3, -0.25) is 14.2 Å². The molecular formula is C27H29N3O2S. The van der Waals surface area contributed by atoms with Crippen molar-refractivity contribution < 1.29 is 4.79 Å². The molecular weight excluding hydrogens is 430 g/mol. The Kier molecular flexibility index (Phi) is 6.11. The van der Waals surface area contributed by atoms with Gasteiger partial charge in [0.15, 0.2) is 5.16 Å². The number of thioether (sulfide) groups is 1. The van der Waals surface area contributed by atoms with Crippen molar-refractivity contribution in [3.05, 3.63) is 81.6 Å². The Hall–Kier alpha value is -2.86. The molecule has 0 aliphatic heterocycles. The highest BCUT2D eigenvalue weighted by atomic mass is 32.2. The van der Waals surface area contributed by atoms with E-state index in [2.05, 4.69) is 30.3 Å². The first-order chi connectivity index (χ1) is 16.1. The number of aromatic nitrogens is 2. The van der Waals surface area contributed by atoms with Gasteiger partial charge in [-0.15, -0.1) is 0 Å². The topological polar surface area (TPSA) is 78.0 Å². The van der Waals surface area contributed by atoms with Gasteiger partial charge in [-0.2, -0.15) is 0 Å². The summed E-state index contributed by atoms with van der Waals surface area (Å²) in [7, 11) is 0. The summed E-state index contributed by atoms with van der Waals surface area (Å²) < 4.78 is 1.80. The number of nitrogens with two attached hydrogens (primary N) is 1. The lowest BCUT2D eigenvalue weighted by molar-refractivity contribution is -0.115. The Morgan fingerprint density at radius 3 is 2.52 bits per heavy atom. The van der Waals surface area contributed by atoms with Gasteiger partial charge in [-0.25, -0.2) is 4.98 Å². The van der Waals surface area contributed by atoms with Crippen LogP contribution in [-0.4, -0.2) is 21.2 Å². The molecule has 2 N–H and O–H groups in total. The van der Waals surface area contributed by atoms with Crippen LogP contribution in [0.3, 0.4) is 0 Å². The van der Waals surface area contributed by atoms with Crippen LogP contribution in [0.4, 0.5) is 0 Å². The smallest absolute Gasteiger partial charge is 0.258 e. The highest BCUT2D eigenvalue weighted by molar-refractivity contribution is 7.99. The van der Waals surface area contributed by atoms with Gasteiger partial charge >= 0.3 is 0 Å². The first kappa shape index (κ1) is 22.0. The van der Waals surface area contributed by atoms with Crippen LogP contribution in [0.1, 0.15) is 48.8 Å². The SMILES string of the molecule is NC(=O)CSc1nc2c(c(=O)n1CCc1ccccc1)C1(CCCCC1)Cc1ccccc1-2. The number of hydrogen-bond donors (Lipinski definition) is 1. The summed E-state index contributed by atoms with van der Waals surface area (Å²) >= 11 is 1.26. The van der Waals surface area contributed by atoms with Crippen LogP contribution in [0.25, 0.3) is 11.3 Å². The number of carbonyl (C=O) groups is 1. The maximum absolute atomic E-state index is 14.2. The molecule has 1 saturated carbocycles. The molecule has 170 valence electrons. The monoisotopic (exact) mass is 459 g/mol. The predicted octanol–water partition coefficient (Wildman–Crippen LogP) is 4.49. The van der Waals surface area contributed by atoms with Gasteiger partial charge in [0.2, 0.25) is 5.91 Å². The van der Waals surface area contributed by atoms with Crippen molar-refractivity contribution in [1.82, 2.24) is 9.55 Å². The van der Waals surface area contributed by atoms with Crippen molar-refractivity contribution in [2.24, 2.45) is 5.73 Å². The van der Waals surface area contributed by atoms with E-state index in [4.69, 9.17) is 10.7 Å². The van der Waals surface area contributed by atoms with Crippen LogP contribution >= 0.6 is 11.8 Å². The Morgan fingerprint density at radius 2 is 1.76 bits per heavy atom. The molecule has 6 heteroatoms. The van der Waals surface area contributed by atoms with Crippen LogP contribution < -0.4 is 11.3 Å². The molecule has 1 aromatic heterocycles. The minimum atomic E-state index is -0.411. The number of hydrogen-bond acceptors (Lipinski definition) is 4. The number of aryl methyl sites for hydroxylation is 1. The number of rotatable bonds is 6. The van der Waals surface area contributed by atoms with Gasteiger partial charge in [0, 0.05) is 17.5 Å². The van der Waals surface area contributed by atoms with Crippen molar-refractivity contribution in [3.63, 3.8) is 0 Å². The third kappa shape index (κ3) is 4.24. The molecule has 0 bridgehead atoms. The van der Waals surface area contributed by atoms with Gasteiger partial charge in [0.25, 0.3) is 5.56 Å². The number of benzene rings is 2. The van der Waals surface area contributed by atoms with E-state index in [0.717, 1.165) is 55.3 Å². The van der Waals surface area contributed by atoms with Crippen molar-refractivity contribution in [2.45, 2.75) is 62.1 Å². The zero-order valence-corrected chi connectivity index (χ0v) is 19.6. The molecule has 2 aromatic carbocycles. The van der Waals surface area contributed by atoms with Crippen LogP contribution in [0, 0.1) is 0 Å². The summed E-state index contributed by atoms with van der Waals surface area (Å²) in [5, 5.41) is 0.580. The molecule has 0 atom stereocenters. The summed E-state index contributed by atoms with van der Waals surface area (Å²) in [4.78, 5) is 30.8. The van der Waals surface area contributed by atoms with Crippen LogP contribution in [0.5, 0.6) is 0 Å². The van der Waals surface area contributed by atoms with Crippen molar-refractivity contribution in [3.8, 4) is 11.3 Å². The van der Waals surface area contributed by atoms with Crippen molar-refractivity contribution in [1.29, 1.82) is 0 Å². The van der Waals surface area contributed by atoms with Gasteiger partial charge in [-0.1, -0.05) is 85.6 Å². The third-order valence-corrected chi connectivity index (χ3v) is 8.09. The summed E-state index contributed by atoms with van der Waals surface area (Å²) in [6.07, 6.45) is 7.19. The fourth-order valence-electron chi connectivity index (χ4n) is 5.55. The number of nitrogens with zero attached hydrogens (tertiary/aromatic N) is 2. The Balaban J connectivity index is 1.67. The number of carbonyl (C=O) groups excluding carboxylic acids is 1. The molecule has 5 rings (SSSR count). The Bertz CT molecular complexity index is 1230. The highest BCUT2D eigenvalue weighted by Gasteiger charge is 2.43. The number of primary amides is 1. The second-order valence-electron chi connectivity index (χ2n) is 9.24. The van der Waals surface area contributed by atoms with Crippen LogP contribution in [0.2, 0.25) is 0 Å². The lowest BCUT2D eigenvalue weighted by Gasteiger charge is -2.42. The highest BCUT2D eigenvalue weighted by Crippen LogP contribution is 2.48. The van der Waals surface area contributed by atoms with Crippen LogP contribution in [0.15, 0.2) is 64.5 Å². The molecule has 1 heterocycles. The number of fused-ring (bicyclic) bond motifs is 4. The molecule has 1 spiro atoms. The molecule has 1 fully saturated rings. The molecule has 0 unspecified atom stereocenters. The molecule has 3 aromatic rings. The molecule has 0 saturated heterocycles. The third-order valence-electron chi connectivity index (χ3n) is 7.09. The first-order valence-electron chi connectivity index (χ1n) is 11.8. The second-order valence-corrected chi connectivity index (χ2v) is 10.2. The summed E-state index contributed by atoms with van der Waals surface area (Å²) in [5.41, 5.74) is 10.5. The van der Waals surface area contributed by atoms with Crippen LogP contribution in [-0.2, 0) is 29.6 Å². The Labute approximate surface area is 198 Å². The molecule has 33 heavy (non-hydrogen) atoms. The van der Waals surface area contributed by atoms with E-state index in [1.165, 1.54) is 29.3 Å².